The van der Waals surface area contributed by atoms with E-state index in [-0.39, 0.29) is 0 Å². The Labute approximate surface area is 123 Å². The molecule has 0 spiro atoms. The van der Waals surface area contributed by atoms with Crippen LogP contribution in [0.5, 0.6) is 0 Å². The molecule has 1 aliphatic carbocycles. The van der Waals surface area contributed by atoms with Crippen molar-refractivity contribution in [3.8, 4) is 0 Å². The maximum Gasteiger partial charge on any atom is 0.0271 e. The molecular formula is C17H29N3. The van der Waals surface area contributed by atoms with E-state index in [2.05, 4.69) is 41.3 Å². The van der Waals surface area contributed by atoms with Gasteiger partial charge in [-0.25, -0.2) is 0 Å². The lowest BCUT2D eigenvalue weighted by molar-refractivity contribution is 0.235. The smallest absolute Gasteiger partial charge is 0.0271 e. The molecule has 2 rings (SSSR count). The number of hydrogen-bond acceptors (Lipinski definition) is 3. The second-order valence-corrected chi connectivity index (χ2v) is 6.16. The number of nitrogens with zero attached hydrogens (tertiary/aromatic N) is 2. The minimum atomic E-state index is 0.657. The number of likely N-dealkylation sites (N-methyl/N-ethyl adjacent to an activating group) is 1. The Hall–Kier alpha value is -0.930. The third-order valence-corrected chi connectivity index (χ3v) is 4.34. The first-order valence-corrected chi connectivity index (χ1v) is 8.10. The summed E-state index contributed by atoms with van der Waals surface area (Å²) in [6.45, 7) is 5.55. The molecule has 1 aromatic heterocycles. The quantitative estimate of drug-likeness (QED) is 0.790. The average molecular weight is 275 g/mol. The van der Waals surface area contributed by atoms with Crippen molar-refractivity contribution in [3.05, 3.63) is 30.1 Å². The number of rotatable bonds is 8. The normalized spacial score (nSPS) is 17.8. The Morgan fingerprint density at radius 3 is 2.65 bits per heavy atom. The first kappa shape index (κ1) is 15.5. The topological polar surface area (TPSA) is 28.2 Å². The van der Waals surface area contributed by atoms with Gasteiger partial charge in [0.2, 0.25) is 0 Å². The van der Waals surface area contributed by atoms with Crippen molar-refractivity contribution in [1.82, 2.24) is 15.2 Å². The van der Waals surface area contributed by atoms with Crippen LogP contribution in [-0.2, 0) is 6.54 Å². The van der Waals surface area contributed by atoms with Gasteiger partial charge < -0.3 is 10.2 Å². The molecule has 0 amide bonds. The van der Waals surface area contributed by atoms with Crippen molar-refractivity contribution in [1.29, 1.82) is 0 Å². The molecule has 1 N–H and O–H groups in total. The SMILES string of the molecule is CCCNC(CN(C)Cc1ccncc1)C1CCCC1. The standard InChI is InChI=1S/C17H29N3/c1-3-10-19-17(16-6-4-5-7-16)14-20(2)13-15-8-11-18-12-9-15/h8-9,11-12,16-17,19H,3-7,10,13-14H2,1-2H3. The summed E-state index contributed by atoms with van der Waals surface area (Å²) in [5.74, 6) is 0.876. The van der Waals surface area contributed by atoms with Crippen molar-refractivity contribution in [3.63, 3.8) is 0 Å². The number of pyridine rings is 1. The van der Waals surface area contributed by atoms with E-state index in [4.69, 9.17) is 0 Å². The zero-order valence-corrected chi connectivity index (χ0v) is 13.0. The van der Waals surface area contributed by atoms with Crippen molar-refractivity contribution in [2.75, 3.05) is 20.1 Å². The number of nitrogens with one attached hydrogen (secondary N) is 1. The average Bonchev–Trinajstić information content (AvgIpc) is 2.98. The Kier molecular flexibility index (Phi) is 6.48. The van der Waals surface area contributed by atoms with E-state index in [1.165, 1.54) is 37.7 Å². The molecule has 1 unspecified atom stereocenters. The molecule has 1 atom stereocenters. The number of hydrogen-bond donors (Lipinski definition) is 1. The third-order valence-electron chi connectivity index (χ3n) is 4.34. The van der Waals surface area contributed by atoms with E-state index in [9.17, 15) is 0 Å². The van der Waals surface area contributed by atoms with E-state index in [0.717, 1.165) is 25.6 Å². The largest absolute Gasteiger partial charge is 0.312 e. The van der Waals surface area contributed by atoms with Gasteiger partial charge in [0.05, 0.1) is 0 Å². The molecule has 1 fully saturated rings. The summed E-state index contributed by atoms with van der Waals surface area (Å²) < 4.78 is 0. The lowest BCUT2D eigenvalue weighted by Gasteiger charge is -2.29. The van der Waals surface area contributed by atoms with E-state index in [1.807, 2.05) is 12.4 Å². The van der Waals surface area contributed by atoms with Gasteiger partial charge in [0.15, 0.2) is 0 Å². The van der Waals surface area contributed by atoms with Crippen molar-refractivity contribution >= 4 is 0 Å². The number of aromatic nitrogens is 1. The van der Waals surface area contributed by atoms with Gasteiger partial charge in [-0.3, -0.25) is 4.98 Å². The molecule has 0 aliphatic heterocycles. The molecule has 1 aromatic rings. The van der Waals surface area contributed by atoms with E-state index in [1.54, 1.807) is 0 Å². The zero-order valence-electron chi connectivity index (χ0n) is 13.0. The zero-order chi connectivity index (χ0) is 14.2. The maximum atomic E-state index is 4.09. The van der Waals surface area contributed by atoms with Crippen LogP contribution in [0.3, 0.4) is 0 Å². The van der Waals surface area contributed by atoms with Gasteiger partial charge in [0.25, 0.3) is 0 Å². The second-order valence-electron chi connectivity index (χ2n) is 6.16. The van der Waals surface area contributed by atoms with E-state index >= 15 is 0 Å². The summed E-state index contributed by atoms with van der Waals surface area (Å²) >= 11 is 0. The molecule has 1 heterocycles. The fourth-order valence-corrected chi connectivity index (χ4v) is 3.27. The summed E-state index contributed by atoms with van der Waals surface area (Å²) in [6, 6.07) is 4.88. The Morgan fingerprint density at radius 1 is 1.30 bits per heavy atom. The molecular weight excluding hydrogens is 246 g/mol. The predicted molar refractivity (Wildman–Crippen MR) is 84.6 cm³/mol. The molecule has 20 heavy (non-hydrogen) atoms. The minimum absolute atomic E-state index is 0.657. The summed E-state index contributed by atoms with van der Waals surface area (Å²) in [6.07, 6.45) is 10.6. The second kappa shape index (κ2) is 8.38. The van der Waals surface area contributed by atoms with Crippen LogP contribution < -0.4 is 5.32 Å². The Balaban J connectivity index is 1.85. The fraction of sp³-hybridized carbons (Fsp3) is 0.706. The Bertz CT molecular complexity index is 360. The van der Waals surface area contributed by atoms with Gasteiger partial charge in [0, 0.05) is 31.5 Å². The van der Waals surface area contributed by atoms with Gasteiger partial charge in [-0.15, -0.1) is 0 Å². The minimum Gasteiger partial charge on any atom is -0.312 e. The molecule has 0 aromatic carbocycles. The summed E-state index contributed by atoms with van der Waals surface area (Å²) in [5, 5.41) is 3.77. The van der Waals surface area contributed by atoms with Crippen molar-refractivity contribution in [2.24, 2.45) is 5.92 Å². The highest BCUT2D eigenvalue weighted by Gasteiger charge is 2.25. The fourth-order valence-electron chi connectivity index (χ4n) is 3.27. The highest BCUT2D eigenvalue weighted by atomic mass is 15.1. The van der Waals surface area contributed by atoms with Crippen LogP contribution in [0.25, 0.3) is 0 Å². The van der Waals surface area contributed by atoms with Crippen molar-refractivity contribution < 1.29 is 0 Å². The lowest BCUT2D eigenvalue weighted by Crippen LogP contribution is -2.44. The van der Waals surface area contributed by atoms with Crippen LogP contribution in [0.15, 0.2) is 24.5 Å². The van der Waals surface area contributed by atoms with E-state index < -0.39 is 0 Å². The third kappa shape index (κ3) is 4.88. The van der Waals surface area contributed by atoms with Crippen molar-refractivity contribution in [2.45, 2.75) is 51.6 Å². The van der Waals surface area contributed by atoms with Crippen LogP contribution in [0.1, 0.15) is 44.6 Å². The van der Waals surface area contributed by atoms with Crippen LogP contribution >= 0.6 is 0 Å². The van der Waals surface area contributed by atoms with Gasteiger partial charge in [0.1, 0.15) is 0 Å². The summed E-state index contributed by atoms with van der Waals surface area (Å²) in [5.41, 5.74) is 1.35. The molecule has 1 aliphatic rings. The van der Waals surface area contributed by atoms with Gasteiger partial charge in [-0.1, -0.05) is 19.8 Å². The monoisotopic (exact) mass is 275 g/mol. The molecule has 0 bridgehead atoms. The van der Waals surface area contributed by atoms with E-state index in [0.29, 0.717) is 6.04 Å². The molecule has 0 radical (unpaired) electrons. The first-order valence-electron chi connectivity index (χ1n) is 8.10. The van der Waals surface area contributed by atoms with Gasteiger partial charge in [-0.2, -0.15) is 0 Å². The van der Waals surface area contributed by atoms with Gasteiger partial charge in [-0.05, 0) is 56.5 Å². The summed E-state index contributed by atoms with van der Waals surface area (Å²) in [4.78, 5) is 6.53. The molecule has 1 saturated carbocycles. The maximum absolute atomic E-state index is 4.09. The van der Waals surface area contributed by atoms with Crippen LogP contribution in [0.2, 0.25) is 0 Å². The van der Waals surface area contributed by atoms with Crippen LogP contribution in [0.4, 0.5) is 0 Å². The van der Waals surface area contributed by atoms with Crippen LogP contribution in [-0.4, -0.2) is 36.1 Å². The molecule has 112 valence electrons. The molecule has 0 saturated heterocycles. The van der Waals surface area contributed by atoms with Gasteiger partial charge >= 0.3 is 0 Å². The highest BCUT2D eigenvalue weighted by molar-refractivity contribution is 5.09. The Morgan fingerprint density at radius 2 is 2.00 bits per heavy atom. The lowest BCUT2D eigenvalue weighted by atomic mass is 9.97. The molecule has 3 heteroatoms. The molecule has 3 nitrogen and oxygen atoms in total. The van der Waals surface area contributed by atoms with Crippen LogP contribution in [0, 0.1) is 5.92 Å². The predicted octanol–water partition coefficient (Wildman–Crippen LogP) is 3.07. The first-order chi connectivity index (χ1) is 9.79. The summed E-state index contributed by atoms with van der Waals surface area (Å²) in [7, 11) is 2.23. The highest BCUT2D eigenvalue weighted by Crippen LogP contribution is 2.28.